The molecule has 0 aromatic carbocycles. The molecule has 3 aromatic heterocycles. The van der Waals surface area contributed by atoms with Crippen LogP contribution in [0.3, 0.4) is 0 Å². The summed E-state index contributed by atoms with van der Waals surface area (Å²) in [6.45, 7) is 5.56. The number of hydrogen-bond acceptors (Lipinski definition) is 6. The third kappa shape index (κ3) is 4.09. The molecule has 1 aliphatic heterocycles. The summed E-state index contributed by atoms with van der Waals surface area (Å²) in [6.07, 6.45) is 5.30. The van der Waals surface area contributed by atoms with E-state index in [-0.39, 0.29) is 5.91 Å². The van der Waals surface area contributed by atoms with Crippen LogP contribution in [0.1, 0.15) is 16.1 Å². The van der Waals surface area contributed by atoms with Gasteiger partial charge in [-0.15, -0.1) is 0 Å². The number of pyridine rings is 3. The van der Waals surface area contributed by atoms with Crippen molar-refractivity contribution >= 4 is 23.2 Å². The standard InChI is InChI=1S/C21H22N6O/c1-16-5-7-18(23-14-16)21(28)25-19-8-6-17(15-24-19)26-10-12-27(13-11-26)20-4-2-3-9-22-20/h2-9,14-15H,10-13H2,1H3,(H,24,25,28). The molecule has 7 nitrogen and oxygen atoms in total. The van der Waals surface area contributed by atoms with Crippen LogP contribution in [0.15, 0.2) is 61.1 Å². The third-order valence-corrected chi connectivity index (χ3v) is 4.75. The van der Waals surface area contributed by atoms with Crippen molar-refractivity contribution in [3.63, 3.8) is 0 Å². The molecule has 0 spiro atoms. The zero-order valence-corrected chi connectivity index (χ0v) is 15.7. The van der Waals surface area contributed by atoms with E-state index in [4.69, 9.17) is 0 Å². The molecule has 1 N–H and O–H groups in total. The van der Waals surface area contributed by atoms with Crippen molar-refractivity contribution in [2.24, 2.45) is 0 Å². The molecule has 0 radical (unpaired) electrons. The second-order valence-electron chi connectivity index (χ2n) is 6.74. The lowest BCUT2D eigenvalue weighted by Gasteiger charge is -2.36. The van der Waals surface area contributed by atoms with Crippen LogP contribution in [0, 0.1) is 6.92 Å². The van der Waals surface area contributed by atoms with Gasteiger partial charge in [-0.05, 0) is 42.8 Å². The van der Waals surface area contributed by atoms with E-state index in [1.165, 1.54) is 0 Å². The fourth-order valence-electron chi connectivity index (χ4n) is 3.16. The Balaban J connectivity index is 1.35. The van der Waals surface area contributed by atoms with Crippen LogP contribution in [0.25, 0.3) is 0 Å². The highest BCUT2D eigenvalue weighted by molar-refractivity contribution is 6.02. The lowest BCUT2D eigenvalue weighted by Crippen LogP contribution is -2.46. The first-order chi connectivity index (χ1) is 13.7. The molecule has 3 aromatic rings. The van der Waals surface area contributed by atoms with Gasteiger partial charge >= 0.3 is 0 Å². The number of nitrogens with one attached hydrogen (secondary N) is 1. The number of carbonyl (C=O) groups excluding carboxylic acids is 1. The van der Waals surface area contributed by atoms with Crippen molar-refractivity contribution in [1.82, 2.24) is 15.0 Å². The number of carbonyl (C=O) groups is 1. The Labute approximate surface area is 164 Å². The summed E-state index contributed by atoms with van der Waals surface area (Å²) >= 11 is 0. The van der Waals surface area contributed by atoms with Gasteiger partial charge in [-0.25, -0.2) is 9.97 Å². The average Bonchev–Trinajstić information content (AvgIpc) is 2.75. The summed E-state index contributed by atoms with van der Waals surface area (Å²) in [5.74, 6) is 1.27. The van der Waals surface area contributed by atoms with Gasteiger partial charge < -0.3 is 15.1 Å². The molecule has 1 aliphatic rings. The van der Waals surface area contributed by atoms with Gasteiger partial charge in [-0.2, -0.15) is 0 Å². The number of hydrogen-bond donors (Lipinski definition) is 1. The minimum absolute atomic E-state index is 0.260. The van der Waals surface area contributed by atoms with Gasteiger partial charge in [0.2, 0.25) is 0 Å². The monoisotopic (exact) mass is 374 g/mol. The molecule has 1 fully saturated rings. The molecule has 28 heavy (non-hydrogen) atoms. The molecular formula is C21H22N6O. The van der Waals surface area contributed by atoms with E-state index in [9.17, 15) is 4.79 Å². The van der Waals surface area contributed by atoms with Crippen molar-refractivity contribution in [2.75, 3.05) is 41.3 Å². The van der Waals surface area contributed by atoms with Gasteiger partial charge in [-0.3, -0.25) is 9.78 Å². The van der Waals surface area contributed by atoms with E-state index in [0.29, 0.717) is 11.5 Å². The molecule has 0 saturated carbocycles. The van der Waals surface area contributed by atoms with Gasteiger partial charge in [0.1, 0.15) is 17.3 Å². The number of aromatic nitrogens is 3. The van der Waals surface area contributed by atoms with Crippen molar-refractivity contribution in [3.05, 3.63) is 72.3 Å². The van der Waals surface area contributed by atoms with E-state index < -0.39 is 0 Å². The van der Waals surface area contributed by atoms with E-state index >= 15 is 0 Å². The quantitative estimate of drug-likeness (QED) is 0.757. The maximum Gasteiger partial charge on any atom is 0.275 e. The summed E-state index contributed by atoms with van der Waals surface area (Å²) in [7, 11) is 0. The Morgan fingerprint density at radius 1 is 0.893 bits per heavy atom. The molecule has 142 valence electrons. The van der Waals surface area contributed by atoms with Crippen molar-refractivity contribution in [3.8, 4) is 0 Å². The Bertz CT molecular complexity index is 919. The van der Waals surface area contributed by atoms with Crippen molar-refractivity contribution < 1.29 is 4.79 Å². The molecule has 0 bridgehead atoms. The molecular weight excluding hydrogens is 352 g/mol. The SMILES string of the molecule is Cc1ccc(C(=O)Nc2ccc(N3CCN(c4ccccn4)CC3)cn2)nc1. The minimum Gasteiger partial charge on any atom is -0.367 e. The Kier molecular flexibility index (Phi) is 5.14. The predicted molar refractivity (Wildman–Crippen MR) is 110 cm³/mol. The van der Waals surface area contributed by atoms with Crippen LogP contribution < -0.4 is 15.1 Å². The molecule has 0 unspecified atom stereocenters. The number of anilines is 3. The lowest BCUT2D eigenvalue weighted by molar-refractivity contribution is 0.102. The highest BCUT2D eigenvalue weighted by Crippen LogP contribution is 2.19. The van der Waals surface area contributed by atoms with Crippen LogP contribution in [-0.4, -0.2) is 47.0 Å². The summed E-state index contributed by atoms with van der Waals surface area (Å²) in [6, 6.07) is 13.4. The summed E-state index contributed by atoms with van der Waals surface area (Å²) < 4.78 is 0. The molecule has 7 heteroatoms. The predicted octanol–water partition coefficient (Wildman–Crippen LogP) is 2.76. The lowest BCUT2D eigenvalue weighted by atomic mass is 10.2. The molecule has 1 amide bonds. The van der Waals surface area contributed by atoms with E-state index in [2.05, 4.69) is 30.1 Å². The van der Waals surface area contributed by atoms with Gasteiger partial charge in [-0.1, -0.05) is 12.1 Å². The van der Waals surface area contributed by atoms with Crippen molar-refractivity contribution in [1.29, 1.82) is 0 Å². The number of aryl methyl sites for hydroxylation is 1. The molecule has 0 atom stereocenters. The van der Waals surface area contributed by atoms with E-state index in [0.717, 1.165) is 43.2 Å². The maximum atomic E-state index is 12.2. The average molecular weight is 374 g/mol. The summed E-state index contributed by atoms with van der Waals surface area (Å²) in [5, 5.41) is 2.79. The van der Waals surface area contributed by atoms with Crippen LogP contribution >= 0.6 is 0 Å². The largest absolute Gasteiger partial charge is 0.367 e. The van der Waals surface area contributed by atoms with Gasteiger partial charge in [0.05, 0.1) is 11.9 Å². The molecule has 1 saturated heterocycles. The number of nitrogens with zero attached hydrogens (tertiary/aromatic N) is 5. The topological polar surface area (TPSA) is 74.2 Å². The van der Waals surface area contributed by atoms with Gasteiger partial charge in [0.25, 0.3) is 5.91 Å². The minimum atomic E-state index is -0.260. The zero-order valence-electron chi connectivity index (χ0n) is 15.7. The second kappa shape index (κ2) is 8.04. The van der Waals surface area contributed by atoms with E-state index in [1.807, 2.05) is 49.5 Å². The zero-order chi connectivity index (χ0) is 19.3. The van der Waals surface area contributed by atoms with E-state index in [1.54, 1.807) is 18.5 Å². The van der Waals surface area contributed by atoms with Crippen LogP contribution in [-0.2, 0) is 0 Å². The smallest absolute Gasteiger partial charge is 0.275 e. The summed E-state index contributed by atoms with van der Waals surface area (Å²) in [4.78, 5) is 29.8. The molecule has 4 heterocycles. The Hall–Kier alpha value is -3.48. The first-order valence-corrected chi connectivity index (χ1v) is 9.30. The van der Waals surface area contributed by atoms with Crippen LogP contribution in [0.2, 0.25) is 0 Å². The molecule has 0 aliphatic carbocycles. The number of rotatable bonds is 4. The van der Waals surface area contributed by atoms with Crippen LogP contribution in [0.4, 0.5) is 17.3 Å². The highest BCUT2D eigenvalue weighted by Gasteiger charge is 2.18. The fraction of sp³-hybridized carbons (Fsp3) is 0.238. The second-order valence-corrected chi connectivity index (χ2v) is 6.74. The first-order valence-electron chi connectivity index (χ1n) is 9.30. The van der Waals surface area contributed by atoms with Crippen molar-refractivity contribution in [2.45, 2.75) is 6.92 Å². The summed E-state index contributed by atoms with van der Waals surface area (Å²) in [5.41, 5.74) is 2.44. The first kappa shape index (κ1) is 17.9. The number of amides is 1. The maximum absolute atomic E-state index is 12.2. The van der Waals surface area contributed by atoms with Crippen LogP contribution in [0.5, 0.6) is 0 Å². The third-order valence-electron chi connectivity index (χ3n) is 4.75. The highest BCUT2D eigenvalue weighted by atomic mass is 16.1. The number of piperazine rings is 1. The molecule has 4 rings (SSSR count). The fourth-order valence-corrected chi connectivity index (χ4v) is 3.16. The van der Waals surface area contributed by atoms with Gasteiger partial charge in [0, 0.05) is 38.6 Å². The normalized spacial score (nSPS) is 14.0. The van der Waals surface area contributed by atoms with Gasteiger partial charge in [0.15, 0.2) is 0 Å². The Morgan fingerprint density at radius 2 is 1.71 bits per heavy atom. The Morgan fingerprint density at radius 3 is 2.36 bits per heavy atom.